The van der Waals surface area contributed by atoms with Crippen LogP contribution in [0.2, 0.25) is 0 Å². The molecule has 2 aromatic heterocycles. The summed E-state index contributed by atoms with van der Waals surface area (Å²) in [5, 5.41) is 9.31. The highest BCUT2D eigenvalue weighted by atomic mass is 16.1. The molecule has 1 aliphatic rings. The average molecular weight is 393 g/mol. The molecule has 3 aromatic rings. The van der Waals surface area contributed by atoms with E-state index < -0.39 is 0 Å². The molecule has 152 valence electrons. The molecular formula is C22H28N6O. The van der Waals surface area contributed by atoms with E-state index in [1.165, 1.54) is 0 Å². The number of ketones is 1. The van der Waals surface area contributed by atoms with E-state index in [0.717, 1.165) is 66.0 Å². The van der Waals surface area contributed by atoms with E-state index in [0.29, 0.717) is 5.56 Å². The number of aromatic nitrogens is 3. The minimum atomic E-state index is 0.0442. The fraction of sp³-hybridized carbons (Fsp3) is 0.409. The molecule has 0 bridgehead atoms. The Morgan fingerprint density at radius 2 is 1.83 bits per heavy atom. The molecule has 7 nitrogen and oxygen atoms in total. The zero-order valence-corrected chi connectivity index (χ0v) is 17.6. The van der Waals surface area contributed by atoms with Crippen LogP contribution < -0.4 is 5.32 Å². The molecule has 0 saturated heterocycles. The second-order valence-electron chi connectivity index (χ2n) is 8.09. The Hall–Kier alpha value is -2.77. The zero-order valence-electron chi connectivity index (χ0n) is 17.6. The average Bonchev–Trinajstić information content (AvgIpc) is 3.07. The minimum absolute atomic E-state index is 0.0442. The van der Waals surface area contributed by atoms with Gasteiger partial charge in [-0.05, 0) is 59.4 Å². The predicted molar refractivity (Wildman–Crippen MR) is 117 cm³/mol. The standard InChI is InChI=1S/C22H28N6O/c1-26(2)11-5-9-24-17-6-7-18-20-19(17)22(29)15-8-10-23-14-16(15)21(20)25-28(18)13-12-27(3)4/h6-8,10,14,24H,5,9,11-13H2,1-4H3. The highest BCUT2D eigenvalue weighted by Gasteiger charge is 2.31. The van der Waals surface area contributed by atoms with Crippen molar-refractivity contribution in [1.29, 1.82) is 0 Å². The van der Waals surface area contributed by atoms with Crippen molar-refractivity contribution in [2.45, 2.75) is 13.0 Å². The first-order valence-corrected chi connectivity index (χ1v) is 10.0. The first-order chi connectivity index (χ1) is 14.0. The van der Waals surface area contributed by atoms with Gasteiger partial charge in [0.15, 0.2) is 5.78 Å². The lowest BCUT2D eigenvalue weighted by molar-refractivity contribution is 0.104. The number of benzene rings is 1. The maximum Gasteiger partial charge on any atom is 0.196 e. The molecule has 0 spiro atoms. The maximum atomic E-state index is 13.4. The number of rotatable bonds is 8. The van der Waals surface area contributed by atoms with E-state index in [-0.39, 0.29) is 5.78 Å². The summed E-state index contributed by atoms with van der Waals surface area (Å²) >= 11 is 0. The first-order valence-electron chi connectivity index (χ1n) is 10.0. The van der Waals surface area contributed by atoms with Crippen molar-refractivity contribution < 1.29 is 4.79 Å². The number of likely N-dealkylation sites (N-methyl/N-ethyl adjacent to an activating group) is 1. The zero-order chi connectivity index (χ0) is 20.5. The quantitative estimate of drug-likeness (QED) is 0.465. The van der Waals surface area contributed by atoms with E-state index in [4.69, 9.17) is 5.10 Å². The largest absolute Gasteiger partial charge is 0.384 e. The third-order valence-electron chi connectivity index (χ3n) is 5.32. The molecule has 1 aliphatic carbocycles. The molecule has 0 unspecified atom stereocenters. The summed E-state index contributed by atoms with van der Waals surface area (Å²) < 4.78 is 2.01. The normalized spacial score (nSPS) is 12.8. The number of fused-ring (bicyclic) bond motifs is 2. The summed E-state index contributed by atoms with van der Waals surface area (Å²) in [6, 6.07) is 5.90. The number of hydrogen-bond donors (Lipinski definition) is 1. The Bertz CT molecular complexity index is 1050. The van der Waals surface area contributed by atoms with Crippen LogP contribution in [0.5, 0.6) is 0 Å². The fourth-order valence-electron chi connectivity index (χ4n) is 3.84. The first kappa shape index (κ1) is 19.5. The number of pyridine rings is 1. The van der Waals surface area contributed by atoms with Gasteiger partial charge in [0.1, 0.15) is 5.69 Å². The Kier molecular flexibility index (Phi) is 5.34. The Morgan fingerprint density at radius 1 is 1.03 bits per heavy atom. The highest BCUT2D eigenvalue weighted by Crippen LogP contribution is 2.41. The van der Waals surface area contributed by atoms with Gasteiger partial charge in [-0.3, -0.25) is 14.5 Å². The third kappa shape index (κ3) is 3.63. The van der Waals surface area contributed by atoms with Crippen molar-refractivity contribution in [3.63, 3.8) is 0 Å². The smallest absolute Gasteiger partial charge is 0.196 e. The van der Waals surface area contributed by atoms with Gasteiger partial charge in [-0.15, -0.1) is 0 Å². The van der Waals surface area contributed by atoms with Crippen molar-refractivity contribution in [3.05, 3.63) is 41.7 Å². The molecule has 0 atom stereocenters. The molecule has 2 heterocycles. The summed E-state index contributed by atoms with van der Waals surface area (Å²) in [5.74, 6) is 0.0442. The third-order valence-corrected chi connectivity index (χ3v) is 5.32. The van der Waals surface area contributed by atoms with Crippen molar-refractivity contribution in [1.82, 2.24) is 24.6 Å². The van der Waals surface area contributed by atoms with Crippen molar-refractivity contribution in [2.24, 2.45) is 0 Å². The molecule has 29 heavy (non-hydrogen) atoms. The summed E-state index contributed by atoms with van der Waals surface area (Å²) in [5.41, 5.74) is 4.97. The molecule has 1 N–H and O–H groups in total. The number of carbonyl (C=O) groups excluding carboxylic acids is 1. The highest BCUT2D eigenvalue weighted by molar-refractivity contribution is 6.27. The predicted octanol–water partition coefficient (Wildman–Crippen LogP) is 2.57. The van der Waals surface area contributed by atoms with Crippen molar-refractivity contribution in [3.8, 4) is 11.3 Å². The van der Waals surface area contributed by atoms with Crippen LogP contribution in [0, 0.1) is 0 Å². The van der Waals surface area contributed by atoms with Gasteiger partial charge in [-0.25, -0.2) is 0 Å². The van der Waals surface area contributed by atoms with E-state index in [1.807, 2.05) is 10.7 Å². The second kappa shape index (κ2) is 7.93. The van der Waals surface area contributed by atoms with E-state index >= 15 is 0 Å². The summed E-state index contributed by atoms with van der Waals surface area (Å²) in [4.78, 5) is 22.0. The van der Waals surface area contributed by atoms with Gasteiger partial charge < -0.3 is 15.1 Å². The molecule has 7 heteroatoms. The van der Waals surface area contributed by atoms with Crippen LogP contribution in [0.25, 0.3) is 22.2 Å². The molecule has 0 radical (unpaired) electrons. The van der Waals surface area contributed by atoms with Crippen LogP contribution in [0.15, 0.2) is 30.6 Å². The molecule has 1 aromatic carbocycles. The van der Waals surface area contributed by atoms with E-state index in [1.54, 1.807) is 18.5 Å². The molecular weight excluding hydrogens is 364 g/mol. The monoisotopic (exact) mass is 392 g/mol. The van der Waals surface area contributed by atoms with Gasteiger partial charge in [-0.1, -0.05) is 0 Å². The molecule has 0 amide bonds. The summed E-state index contributed by atoms with van der Waals surface area (Å²) in [6.07, 6.45) is 4.44. The lowest BCUT2D eigenvalue weighted by Gasteiger charge is -2.18. The van der Waals surface area contributed by atoms with Crippen LogP contribution in [0.1, 0.15) is 22.3 Å². The van der Waals surface area contributed by atoms with Crippen LogP contribution in [-0.2, 0) is 6.54 Å². The Morgan fingerprint density at radius 3 is 2.59 bits per heavy atom. The van der Waals surface area contributed by atoms with Crippen molar-refractivity contribution >= 4 is 22.4 Å². The van der Waals surface area contributed by atoms with Gasteiger partial charge in [0.2, 0.25) is 0 Å². The number of nitrogens with zero attached hydrogens (tertiary/aromatic N) is 5. The van der Waals surface area contributed by atoms with E-state index in [2.05, 4.69) is 54.4 Å². The maximum absolute atomic E-state index is 13.4. The summed E-state index contributed by atoms with van der Waals surface area (Å²) in [7, 11) is 8.24. The number of hydrogen-bond acceptors (Lipinski definition) is 6. The summed E-state index contributed by atoms with van der Waals surface area (Å²) in [6.45, 7) is 3.46. The fourth-order valence-corrected chi connectivity index (χ4v) is 3.84. The number of carbonyl (C=O) groups is 1. The Balaban J connectivity index is 1.80. The lowest BCUT2D eigenvalue weighted by Crippen LogP contribution is -2.19. The van der Waals surface area contributed by atoms with Gasteiger partial charge in [0, 0.05) is 47.7 Å². The van der Waals surface area contributed by atoms with Gasteiger partial charge in [0.25, 0.3) is 0 Å². The van der Waals surface area contributed by atoms with Crippen LogP contribution in [0.3, 0.4) is 0 Å². The SMILES string of the molecule is CN(C)CCCNc1ccc2c3c(nn2CCN(C)C)-c2cnccc2C(=O)c13. The minimum Gasteiger partial charge on any atom is -0.384 e. The van der Waals surface area contributed by atoms with Crippen molar-refractivity contribution in [2.75, 3.05) is 53.1 Å². The number of nitrogens with one attached hydrogen (secondary N) is 1. The van der Waals surface area contributed by atoms with Gasteiger partial charge in [-0.2, -0.15) is 5.10 Å². The lowest BCUT2D eigenvalue weighted by atomic mass is 9.87. The van der Waals surface area contributed by atoms with Crippen LogP contribution in [0.4, 0.5) is 5.69 Å². The molecule has 0 aliphatic heterocycles. The second-order valence-corrected chi connectivity index (χ2v) is 8.09. The number of anilines is 1. The molecule has 0 saturated carbocycles. The van der Waals surface area contributed by atoms with Crippen LogP contribution >= 0.6 is 0 Å². The van der Waals surface area contributed by atoms with E-state index in [9.17, 15) is 4.79 Å². The van der Waals surface area contributed by atoms with Gasteiger partial charge >= 0.3 is 0 Å². The molecule has 4 rings (SSSR count). The Labute approximate surface area is 171 Å². The topological polar surface area (TPSA) is 66.3 Å². The van der Waals surface area contributed by atoms with Gasteiger partial charge in [0.05, 0.1) is 17.6 Å². The van der Waals surface area contributed by atoms with Crippen LogP contribution in [-0.4, -0.2) is 78.2 Å². The molecule has 0 fully saturated rings.